The monoisotopic (exact) mass is 471 g/mol. The van der Waals surface area contributed by atoms with Crippen LogP contribution in [0, 0.1) is 0 Å². The molecule has 1 saturated heterocycles. The SMILES string of the molecule is CC[C@H](C)c1ccc(S(=O)(=O)N2CCN([C@@H](C)C(=O)Nc3ccc(C(C)=O)cc3)CC2)cc1. The zero-order valence-corrected chi connectivity index (χ0v) is 20.6. The molecule has 178 valence electrons. The highest BCUT2D eigenvalue weighted by Gasteiger charge is 2.31. The van der Waals surface area contributed by atoms with Gasteiger partial charge < -0.3 is 5.32 Å². The molecule has 0 radical (unpaired) electrons. The van der Waals surface area contributed by atoms with Gasteiger partial charge >= 0.3 is 0 Å². The van der Waals surface area contributed by atoms with Gasteiger partial charge in [-0.25, -0.2) is 8.42 Å². The number of benzene rings is 2. The van der Waals surface area contributed by atoms with E-state index < -0.39 is 16.1 Å². The molecule has 1 heterocycles. The maximum Gasteiger partial charge on any atom is 0.243 e. The fraction of sp³-hybridized carbons (Fsp3) is 0.440. The second kappa shape index (κ2) is 10.6. The van der Waals surface area contributed by atoms with E-state index in [9.17, 15) is 18.0 Å². The third-order valence-corrected chi connectivity index (χ3v) is 8.37. The van der Waals surface area contributed by atoms with Crippen molar-refractivity contribution in [2.24, 2.45) is 0 Å². The summed E-state index contributed by atoms with van der Waals surface area (Å²) in [5.74, 6) is 0.202. The van der Waals surface area contributed by atoms with Gasteiger partial charge in [0.1, 0.15) is 0 Å². The zero-order chi connectivity index (χ0) is 24.2. The lowest BCUT2D eigenvalue weighted by molar-refractivity contribution is -0.121. The zero-order valence-electron chi connectivity index (χ0n) is 19.7. The van der Waals surface area contributed by atoms with Crippen molar-refractivity contribution < 1.29 is 18.0 Å². The van der Waals surface area contributed by atoms with Crippen LogP contribution in [0.15, 0.2) is 53.4 Å². The summed E-state index contributed by atoms with van der Waals surface area (Å²) in [6.07, 6.45) is 1.00. The van der Waals surface area contributed by atoms with E-state index in [1.165, 1.54) is 11.2 Å². The Balaban J connectivity index is 1.57. The van der Waals surface area contributed by atoms with Gasteiger partial charge in [-0.2, -0.15) is 4.31 Å². The van der Waals surface area contributed by atoms with Gasteiger partial charge in [-0.3, -0.25) is 14.5 Å². The Morgan fingerprint density at radius 2 is 1.52 bits per heavy atom. The Bertz CT molecular complexity index is 1070. The number of hydrogen-bond acceptors (Lipinski definition) is 5. The number of carbonyl (C=O) groups is 2. The summed E-state index contributed by atoms with van der Waals surface area (Å²) < 4.78 is 27.6. The van der Waals surface area contributed by atoms with Crippen molar-refractivity contribution in [3.8, 4) is 0 Å². The number of amides is 1. The van der Waals surface area contributed by atoms with E-state index in [-0.39, 0.29) is 11.7 Å². The third kappa shape index (κ3) is 5.88. The minimum absolute atomic E-state index is 0.0273. The summed E-state index contributed by atoms with van der Waals surface area (Å²) in [7, 11) is -3.56. The number of carbonyl (C=O) groups excluding carboxylic acids is 2. The van der Waals surface area contributed by atoms with Gasteiger partial charge in [-0.05, 0) is 68.1 Å². The van der Waals surface area contributed by atoms with Gasteiger partial charge in [-0.1, -0.05) is 26.0 Å². The molecule has 7 nitrogen and oxygen atoms in total. The first kappa shape index (κ1) is 25.1. The number of anilines is 1. The molecule has 0 bridgehead atoms. The maximum atomic E-state index is 13.1. The molecule has 0 aromatic heterocycles. The first-order chi connectivity index (χ1) is 15.6. The molecule has 0 saturated carbocycles. The highest BCUT2D eigenvalue weighted by atomic mass is 32.2. The molecule has 8 heteroatoms. The molecule has 1 aliphatic heterocycles. The molecule has 2 aromatic carbocycles. The van der Waals surface area contributed by atoms with E-state index in [1.807, 2.05) is 24.0 Å². The second-order valence-electron chi connectivity index (χ2n) is 8.62. The number of nitrogens with one attached hydrogen (secondary N) is 1. The number of nitrogens with zero attached hydrogens (tertiary/aromatic N) is 2. The lowest BCUT2D eigenvalue weighted by atomic mass is 9.99. The Labute approximate surface area is 196 Å². The summed E-state index contributed by atoms with van der Waals surface area (Å²) in [5.41, 5.74) is 2.35. The molecular formula is C25H33N3O4S. The third-order valence-electron chi connectivity index (χ3n) is 6.46. The largest absolute Gasteiger partial charge is 0.325 e. The van der Waals surface area contributed by atoms with Crippen LogP contribution in [0.3, 0.4) is 0 Å². The fourth-order valence-corrected chi connectivity index (χ4v) is 5.31. The summed E-state index contributed by atoms with van der Waals surface area (Å²) in [4.78, 5) is 26.4. The predicted octanol–water partition coefficient (Wildman–Crippen LogP) is 3.74. The van der Waals surface area contributed by atoms with Crippen LogP contribution in [0.5, 0.6) is 0 Å². The lowest BCUT2D eigenvalue weighted by Crippen LogP contribution is -2.53. The molecule has 0 aliphatic carbocycles. The average molecular weight is 472 g/mol. The maximum absolute atomic E-state index is 13.1. The van der Waals surface area contributed by atoms with Gasteiger partial charge in [0.25, 0.3) is 0 Å². The van der Waals surface area contributed by atoms with Crippen molar-refractivity contribution in [2.45, 2.75) is 51.0 Å². The molecule has 0 unspecified atom stereocenters. The molecule has 1 amide bonds. The van der Waals surface area contributed by atoms with E-state index in [0.717, 1.165) is 12.0 Å². The normalized spacial score (nSPS) is 17.3. The van der Waals surface area contributed by atoms with Crippen molar-refractivity contribution in [2.75, 3.05) is 31.5 Å². The topological polar surface area (TPSA) is 86.8 Å². The average Bonchev–Trinajstić information content (AvgIpc) is 2.83. The van der Waals surface area contributed by atoms with Crippen LogP contribution >= 0.6 is 0 Å². The number of ketones is 1. The quantitative estimate of drug-likeness (QED) is 0.593. The van der Waals surface area contributed by atoms with E-state index in [1.54, 1.807) is 36.4 Å². The van der Waals surface area contributed by atoms with E-state index in [0.29, 0.717) is 48.2 Å². The van der Waals surface area contributed by atoms with Gasteiger partial charge in [0.05, 0.1) is 10.9 Å². The highest BCUT2D eigenvalue weighted by molar-refractivity contribution is 7.89. The van der Waals surface area contributed by atoms with Crippen molar-refractivity contribution in [1.29, 1.82) is 0 Å². The van der Waals surface area contributed by atoms with E-state index in [2.05, 4.69) is 19.2 Å². The summed E-state index contributed by atoms with van der Waals surface area (Å²) >= 11 is 0. The molecule has 0 spiro atoms. The molecule has 1 aliphatic rings. The van der Waals surface area contributed by atoms with Crippen LogP contribution in [0.4, 0.5) is 5.69 Å². The van der Waals surface area contributed by atoms with Gasteiger partial charge in [0.2, 0.25) is 15.9 Å². The highest BCUT2D eigenvalue weighted by Crippen LogP contribution is 2.23. The number of sulfonamides is 1. The Morgan fingerprint density at radius 1 is 0.939 bits per heavy atom. The number of piperazine rings is 1. The molecule has 1 N–H and O–H groups in total. The minimum Gasteiger partial charge on any atom is -0.325 e. The van der Waals surface area contributed by atoms with Gasteiger partial charge in [0, 0.05) is 37.4 Å². The summed E-state index contributed by atoms with van der Waals surface area (Å²) in [6.45, 7) is 9.17. The standard InChI is InChI=1S/C25H33N3O4S/c1-5-18(2)21-8-12-24(13-9-21)33(31,32)28-16-14-27(15-17-28)19(3)25(30)26-23-10-6-22(7-11-23)20(4)29/h6-13,18-19H,5,14-17H2,1-4H3,(H,26,30)/t18-,19-/m0/s1. The second-order valence-corrected chi connectivity index (χ2v) is 10.6. The minimum atomic E-state index is -3.56. The van der Waals surface area contributed by atoms with Crippen LogP contribution in [-0.2, 0) is 14.8 Å². The van der Waals surface area contributed by atoms with Crippen LogP contribution in [0.2, 0.25) is 0 Å². The van der Waals surface area contributed by atoms with Crippen molar-refractivity contribution in [3.05, 3.63) is 59.7 Å². The predicted molar refractivity (Wildman–Crippen MR) is 130 cm³/mol. The van der Waals surface area contributed by atoms with Crippen molar-refractivity contribution >= 4 is 27.4 Å². The van der Waals surface area contributed by atoms with Crippen LogP contribution in [0.25, 0.3) is 0 Å². The molecule has 33 heavy (non-hydrogen) atoms. The summed E-state index contributed by atoms with van der Waals surface area (Å²) in [5, 5.41) is 2.87. The number of hydrogen-bond donors (Lipinski definition) is 1. The number of Topliss-reactive ketones (excluding diaryl/α,β-unsaturated/α-hetero) is 1. The molecule has 3 rings (SSSR count). The van der Waals surface area contributed by atoms with Crippen LogP contribution in [-0.4, -0.2) is 61.5 Å². The molecule has 2 atom stereocenters. The smallest absolute Gasteiger partial charge is 0.243 e. The first-order valence-corrected chi connectivity index (χ1v) is 12.8. The van der Waals surface area contributed by atoms with Gasteiger partial charge in [-0.15, -0.1) is 0 Å². The Hall–Kier alpha value is -2.55. The first-order valence-electron chi connectivity index (χ1n) is 11.4. The lowest BCUT2D eigenvalue weighted by Gasteiger charge is -2.36. The molecule has 2 aromatic rings. The van der Waals surface area contributed by atoms with Crippen molar-refractivity contribution in [1.82, 2.24) is 9.21 Å². The molecular weight excluding hydrogens is 438 g/mol. The summed E-state index contributed by atoms with van der Waals surface area (Å²) in [6, 6.07) is 13.5. The fourth-order valence-electron chi connectivity index (χ4n) is 3.89. The van der Waals surface area contributed by atoms with Crippen molar-refractivity contribution in [3.63, 3.8) is 0 Å². The molecule has 1 fully saturated rings. The van der Waals surface area contributed by atoms with Crippen LogP contribution < -0.4 is 5.32 Å². The van der Waals surface area contributed by atoms with Gasteiger partial charge in [0.15, 0.2) is 5.78 Å². The number of rotatable bonds is 8. The Morgan fingerprint density at radius 3 is 2.03 bits per heavy atom. The Kier molecular flexibility index (Phi) is 8.05. The van der Waals surface area contributed by atoms with E-state index >= 15 is 0 Å². The van der Waals surface area contributed by atoms with Crippen LogP contribution in [0.1, 0.15) is 56.0 Å². The van der Waals surface area contributed by atoms with E-state index in [4.69, 9.17) is 0 Å².